The van der Waals surface area contributed by atoms with Gasteiger partial charge in [-0.05, 0) is 31.8 Å². The van der Waals surface area contributed by atoms with Gasteiger partial charge in [-0.2, -0.15) is 0 Å². The quantitative estimate of drug-likeness (QED) is 0.616. The highest BCUT2D eigenvalue weighted by atomic mass is 16.5. The third-order valence-corrected chi connectivity index (χ3v) is 4.26. The minimum absolute atomic E-state index is 0.0456. The van der Waals surface area contributed by atoms with Crippen molar-refractivity contribution in [1.29, 1.82) is 0 Å². The second-order valence-electron chi connectivity index (χ2n) is 6.87. The molecule has 0 saturated heterocycles. The van der Waals surface area contributed by atoms with E-state index in [0.717, 1.165) is 5.56 Å². The van der Waals surface area contributed by atoms with E-state index < -0.39 is 11.7 Å². The molecule has 0 aliphatic rings. The average molecular weight is 409 g/mol. The Morgan fingerprint density at radius 3 is 2.63 bits per heavy atom. The number of aromatic nitrogens is 2. The van der Waals surface area contributed by atoms with Crippen LogP contribution in [0.3, 0.4) is 0 Å². The number of ether oxygens (including phenoxy) is 1. The van der Waals surface area contributed by atoms with Crippen molar-refractivity contribution in [3.05, 3.63) is 76.3 Å². The summed E-state index contributed by atoms with van der Waals surface area (Å²) in [6.07, 6.45) is 1.89. The number of likely N-dealkylation sites (N-methyl/N-ethyl adjacent to an activating group) is 1. The zero-order valence-electron chi connectivity index (χ0n) is 16.8. The van der Waals surface area contributed by atoms with E-state index in [1.165, 1.54) is 16.8 Å². The number of nitrogens with one attached hydrogen (secondary N) is 2. The van der Waals surface area contributed by atoms with Crippen LogP contribution in [-0.4, -0.2) is 53.5 Å². The molecular weight excluding hydrogens is 386 g/mol. The third kappa shape index (κ3) is 5.42. The van der Waals surface area contributed by atoms with Gasteiger partial charge in [0.15, 0.2) is 0 Å². The zero-order chi connectivity index (χ0) is 21.5. The highest BCUT2D eigenvalue weighted by molar-refractivity contribution is 5.94. The minimum Gasteiger partial charge on any atom is -0.444 e. The molecule has 2 heterocycles. The Morgan fingerprint density at radius 1 is 1.13 bits per heavy atom. The van der Waals surface area contributed by atoms with E-state index in [-0.39, 0.29) is 18.2 Å². The van der Waals surface area contributed by atoms with Crippen molar-refractivity contribution in [3.63, 3.8) is 0 Å². The van der Waals surface area contributed by atoms with E-state index in [9.17, 15) is 14.4 Å². The van der Waals surface area contributed by atoms with E-state index in [1.54, 1.807) is 12.1 Å². The predicted molar refractivity (Wildman–Crippen MR) is 113 cm³/mol. The van der Waals surface area contributed by atoms with E-state index in [0.29, 0.717) is 24.3 Å². The summed E-state index contributed by atoms with van der Waals surface area (Å²) in [6, 6.07) is 12.3. The molecule has 1 aromatic carbocycles. The van der Waals surface area contributed by atoms with Gasteiger partial charge < -0.3 is 15.0 Å². The van der Waals surface area contributed by atoms with Gasteiger partial charge in [-0.1, -0.05) is 30.3 Å². The number of fused-ring (bicyclic) bond motifs is 1. The van der Waals surface area contributed by atoms with Crippen molar-refractivity contribution in [2.75, 3.05) is 32.5 Å². The molecule has 9 heteroatoms. The van der Waals surface area contributed by atoms with Crippen molar-refractivity contribution in [1.82, 2.24) is 19.6 Å². The first-order valence-electron chi connectivity index (χ1n) is 9.36. The van der Waals surface area contributed by atoms with Crippen molar-refractivity contribution in [2.45, 2.75) is 6.61 Å². The second kappa shape index (κ2) is 9.66. The van der Waals surface area contributed by atoms with Gasteiger partial charge in [-0.25, -0.2) is 9.78 Å². The fourth-order valence-corrected chi connectivity index (χ4v) is 2.66. The van der Waals surface area contributed by atoms with Crippen molar-refractivity contribution in [3.8, 4) is 0 Å². The molecule has 2 amide bonds. The predicted octanol–water partition coefficient (Wildman–Crippen LogP) is 1.73. The molecule has 30 heavy (non-hydrogen) atoms. The Kier molecular flexibility index (Phi) is 6.76. The summed E-state index contributed by atoms with van der Waals surface area (Å²) in [7, 11) is 3.82. The molecule has 0 saturated carbocycles. The number of carbonyl (C=O) groups excluding carboxylic acids is 2. The Morgan fingerprint density at radius 2 is 1.90 bits per heavy atom. The first-order chi connectivity index (χ1) is 14.4. The van der Waals surface area contributed by atoms with Gasteiger partial charge in [-0.15, -0.1) is 0 Å². The number of amides is 2. The Bertz CT molecular complexity index is 1100. The molecule has 3 aromatic rings. The number of hydrogen-bond donors (Lipinski definition) is 2. The lowest BCUT2D eigenvalue weighted by molar-refractivity contribution is 0.0950. The first-order valence-corrected chi connectivity index (χ1v) is 9.36. The molecule has 0 radical (unpaired) electrons. The smallest absolute Gasteiger partial charge is 0.412 e. The molecule has 0 fully saturated rings. The lowest BCUT2D eigenvalue weighted by Gasteiger charge is -2.11. The molecule has 0 aliphatic heterocycles. The molecule has 156 valence electrons. The van der Waals surface area contributed by atoms with Gasteiger partial charge in [0, 0.05) is 19.3 Å². The largest absolute Gasteiger partial charge is 0.444 e. The highest BCUT2D eigenvalue weighted by Gasteiger charge is 2.12. The monoisotopic (exact) mass is 409 g/mol. The Hall–Kier alpha value is -3.72. The van der Waals surface area contributed by atoms with Crippen LogP contribution >= 0.6 is 0 Å². The van der Waals surface area contributed by atoms with Crippen LogP contribution in [-0.2, 0) is 11.3 Å². The molecule has 0 atom stereocenters. The molecule has 2 N–H and O–H groups in total. The minimum atomic E-state index is -0.768. The van der Waals surface area contributed by atoms with Crippen LogP contribution in [0.1, 0.15) is 15.9 Å². The number of nitrogens with zero attached hydrogens (tertiary/aromatic N) is 3. The summed E-state index contributed by atoms with van der Waals surface area (Å²) < 4.78 is 6.35. The van der Waals surface area contributed by atoms with Crippen LogP contribution in [0.5, 0.6) is 0 Å². The summed E-state index contributed by atoms with van der Waals surface area (Å²) in [5.74, 6) is -0.300. The fourth-order valence-electron chi connectivity index (χ4n) is 2.66. The van der Waals surface area contributed by atoms with Gasteiger partial charge >= 0.3 is 6.09 Å². The normalized spacial score (nSPS) is 10.8. The second-order valence-corrected chi connectivity index (χ2v) is 6.87. The molecule has 9 nitrogen and oxygen atoms in total. The van der Waals surface area contributed by atoms with Crippen molar-refractivity contribution < 1.29 is 14.3 Å². The van der Waals surface area contributed by atoms with Gasteiger partial charge in [-0.3, -0.25) is 19.3 Å². The van der Waals surface area contributed by atoms with Crippen LogP contribution < -0.4 is 16.2 Å². The van der Waals surface area contributed by atoms with E-state index in [2.05, 4.69) is 15.6 Å². The number of carbonyl (C=O) groups is 2. The number of pyridine rings is 1. The van der Waals surface area contributed by atoms with E-state index >= 15 is 0 Å². The number of hydrogen-bond acceptors (Lipinski definition) is 6. The highest BCUT2D eigenvalue weighted by Crippen LogP contribution is 2.07. The molecule has 0 unspecified atom stereocenters. The summed E-state index contributed by atoms with van der Waals surface area (Å²) in [6.45, 7) is 1.25. The molecule has 3 rings (SSSR count). The molecule has 2 aromatic heterocycles. The standard InChI is InChI=1S/C21H23N5O4/c1-25(2)11-10-22-19(27)16-8-9-18-23-12-17(20(28)26(18)13-16)24-21(29)30-14-15-6-4-3-5-7-15/h3-9,12-13H,10-11,14H2,1-2H3,(H,22,27)(H,24,29). The van der Waals surface area contributed by atoms with Gasteiger partial charge in [0.25, 0.3) is 11.5 Å². The maximum absolute atomic E-state index is 12.7. The van der Waals surface area contributed by atoms with Crippen molar-refractivity contribution >= 4 is 23.3 Å². The van der Waals surface area contributed by atoms with Crippen LogP contribution in [0.2, 0.25) is 0 Å². The zero-order valence-corrected chi connectivity index (χ0v) is 16.8. The average Bonchev–Trinajstić information content (AvgIpc) is 2.74. The van der Waals surface area contributed by atoms with Crippen molar-refractivity contribution in [2.24, 2.45) is 0 Å². The first kappa shape index (κ1) is 21.0. The third-order valence-electron chi connectivity index (χ3n) is 4.26. The van der Waals surface area contributed by atoms with Crippen LogP contribution in [0.15, 0.2) is 59.7 Å². The topological polar surface area (TPSA) is 105 Å². The van der Waals surface area contributed by atoms with Gasteiger partial charge in [0.1, 0.15) is 17.9 Å². The van der Waals surface area contributed by atoms with Gasteiger partial charge in [0.05, 0.1) is 11.8 Å². The number of benzene rings is 1. The summed E-state index contributed by atoms with van der Waals surface area (Å²) >= 11 is 0. The van der Waals surface area contributed by atoms with Crippen LogP contribution in [0.4, 0.5) is 10.5 Å². The Balaban J connectivity index is 1.71. The molecule has 0 spiro atoms. The fraction of sp³-hybridized carbons (Fsp3) is 0.238. The van der Waals surface area contributed by atoms with E-state index in [1.807, 2.05) is 49.3 Å². The summed E-state index contributed by atoms with van der Waals surface area (Å²) in [4.78, 5) is 43.2. The lowest BCUT2D eigenvalue weighted by Crippen LogP contribution is -2.32. The maximum atomic E-state index is 12.7. The van der Waals surface area contributed by atoms with E-state index in [4.69, 9.17) is 4.74 Å². The molecular formula is C21H23N5O4. The maximum Gasteiger partial charge on any atom is 0.412 e. The lowest BCUT2D eigenvalue weighted by atomic mass is 10.2. The Labute approximate surface area is 173 Å². The van der Waals surface area contributed by atoms with Crippen LogP contribution in [0, 0.1) is 0 Å². The number of rotatable bonds is 7. The summed E-state index contributed by atoms with van der Waals surface area (Å²) in [5.41, 5.74) is 0.934. The molecule has 0 aliphatic carbocycles. The van der Waals surface area contributed by atoms with Gasteiger partial charge in [0.2, 0.25) is 0 Å². The molecule has 0 bridgehead atoms. The SMILES string of the molecule is CN(C)CCNC(=O)c1ccc2ncc(NC(=O)OCc3ccccc3)c(=O)n2c1. The number of anilines is 1. The summed E-state index contributed by atoms with van der Waals surface area (Å²) in [5, 5.41) is 5.19. The van der Waals surface area contributed by atoms with Crippen LogP contribution in [0.25, 0.3) is 5.65 Å².